The normalized spacial score (nSPS) is 27.4. The zero-order valence-electron chi connectivity index (χ0n) is 18.9. The van der Waals surface area contributed by atoms with Crippen LogP contribution in [0.1, 0.15) is 124 Å². The van der Waals surface area contributed by atoms with Crippen LogP contribution in [0, 0.1) is 54.1 Å². The molecule has 27 heavy (non-hydrogen) atoms. The minimum absolute atomic E-state index is 0. The molecule has 0 aromatic rings. The fourth-order valence-corrected chi connectivity index (χ4v) is 5.39. The summed E-state index contributed by atoms with van der Waals surface area (Å²) in [6.45, 7) is 9.59. The summed E-state index contributed by atoms with van der Waals surface area (Å²) in [5.41, 5.74) is 0.349. The molecule has 1 N–H and O–H groups in total. The monoisotopic (exact) mass is 597 g/mol. The molecular weight excluding hydrogens is 551 g/mol. The third kappa shape index (κ3) is 9.55. The molecule has 0 amide bonds. The molecule has 159 valence electrons. The summed E-state index contributed by atoms with van der Waals surface area (Å²) in [6, 6.07) is 0.771. The number of hydrogen-bond donors (Lipinski definition) is 1. The van der Waals surface area contributed by atoms with Crippen LogP contribution in [0.5, 0.6) is 0 Å². The molecule has 0 spiro atoms. The Labute approximate surface area is 194 Å². The van der Waals surface area contributed by atoms with E-state index in [-0.39, 0.29) is 29.9 Å². The molecule has 3 saturated carbocycles. The molecule has 1 nitrogen and oxygen atoms in total. The van der Waals surface area contributed by atoms with E-state index in [0.29, 0.717) is 5.54 Å². The van der Waals surface area contributed by atoms with Gasteiger partial charge in [0.2, 0.25) is 0 Å². The number of rotatable bonds is 5. The summed E-state index contributed by atoms with van der Waals surface area (Å²) in [6.07, 6.45) is 23.6. The maximum atomic E-state index is 4.03. The predicted molar refractivity (Wildman–Crippen MR) is 116 cm³/mol. The van der Waals surface area contributed by atoms with Crippen molar-refractivity contribution in [3.05, 3.63) is 12.3 Å². The Kier molecular flexibility index (Phi) is 13.5. The molecule has 0 aromatic heterocycles. The van der Waals surface area contributed by atoms with Crippen molar-refractivity contribution in [2.75, 3.05) is 0 Å². The van der Waals surface area contributed by atoms with Crippen LogP contribution in [-0.4, -0.2) is 11.6 Å². The molecule has 3 rings (SSSR count). The molecule has 0 aliphatic heterocycles. The predicted octanol–water partition coefficient (Wildman–Crippen LogP) is 7.65. The molecule has 0 aromatic carbocycles. The van der Waals surface area contributed by atoms with Crippen molar-refractivity contribution in [3.63, 3.8) is 0 Å². The second-order valence-electron chi connectivity index (χ2n) is 9.88. The Morgan fingerprint density at radius 3 is 1.85 bits per heavy atom. The minimum Gasteiger partial charge on any atom is -0.328 e. The molecule has 0 heterocycles. The number of hydrogen-bond acceptors (Lipinski definition) is 1. The van der Waals surface area contributed by atoms with Gasteiger partial charge in [0.15, 0.2) is 0 Å². The van der Waals surface area contributed by atoms with Gasteiger partial charge < -0.3 is 17.7 Å². The maximum absolute atomic E-state index is 4.03. The van der Waals surface area contributed by atoms with Crippen molar-refractivity contribution < 1.29 is 29.9 Å². The van der Waals surface area contributed by atoms with Gasteiger partial charge in [0, 0.05) is 41.5 Å². The van der Waals surface area contributed by atoms with Gasteiger partial charge in [-0.05, 0) is 45.4 Å². The second kappa shape index (κ2) is 14.1. The van der Waals surface area contributed by atoms with E-state index in [1.165, 1.54) is 96.3 Å². The average Bonchev–Trinajstić information content (AvgIpc) is 2.70. The first-order valence-corrected chi connectivity index (χ1v) is 11.9. The van der Waals surface area contributed by atoms with Crippen molar-refractivity contribution in [2.24, 2.45) is 11.8 Å². The summed E-state index contributed by atoms with van der Waals surface area (Å²) in [5, 5.41) is 4.03. The first-order valence-electron chi connectivity index (χ1n) is 11.9. The Morgan fingerprint density at radius 1 is 0.852 bits per heavy atom. The molecule has 3 aliphatic carbocycles. The van der Waals surface area contributed by atoms with Crippen LogP contribution < -0.4 is 5.32 Å². The molecule has 0 atom stereocenters. The molecule has 0 saturated heterocycles. The molecule has 3 aliphatic rings. The van der Waals surface area contributed by atoms with Gasteiger partial charge in [0.1, 0.15) is 0 Å². The van der Waals surface area contributed by atoms with Crippen LogP contribution in [0.4, 0.5) is 0 Å². The Hall–Kier alpha value is 0.973. The quantitative estimate of drug-likeness (QED) is 0.321. The minimum atomic E-state index is 0. The third-order valence-corrected chi connectivity index (χ3v) is 7.50. The van der Waals surface area contributed by atoms with Gasteiger partial charge >= 0.3 is 0 Å². The van der Waals surface area contributed by atoms with Gasteiger partial charge in [-0.25, -0.2) is 0 Å². The molecule has 1 radical (unpaired) electrons. The topological polar surface area (TPSA) is 12.0 Å². The summed E-state index contributed by atoms with van der Waals surface area (Å²) in [4.78, 5) is 0. The smallest absolute Gasteiger partial charge is 0.0155 e. The van der Waals surface area contributed by atoms with E-state index < -0.39 is 0 Å². The van der Waals surface area contributed by atoms with Gasteiger partial charge in [0.25, 0.3) is 0 Å². The van der Waals surface area contributed by atoms with E-state index in [9.17, 15) is 0 Å². The van der Waals surface area contributed by atoms with Crippen LogP contribution in [-0.2, 0) is 0 Å². The van der Waals surface area contributed by atoms with Crippen LogP contribution in [0.3, 0.4) is 0 Å². The van der Waals surface area contributed by atoms with Crippen LogP contribution >= 0.6 is 0 Å². The van der Waals surface area contributed by atoms with E-state index in [1.807, 2.05) is 0 Å². The van der Waals surface area contributed by atoms with E-state index >= 15 is 0 Å². The van der Waals surface area contributed by atoms with Crippen molar-refractivity contribution >= 4 is 0 Å². The Balaban J connectivity index is 0.000000444. The van der Waals surface area contributed by atoms with Crippen molar-refractivity contribution in [2.45, 2.75) is 136 Å². The maximum Gasteiger partial charge on any atom is 0.0155 e. The van der Waals surface area contributed by atoms with Gasteiger partial charge in [-0.2, -0.15) is 32.1 Å². The number of nitrogens with one attached hydrogen (secondary N) is 1. The van der Waals surface area contributed by atoms with E-state index in [2.05, 4.69) is 39.4 Å². The second-order valence-corrected chi connectivity index (χ2v) is 9.88. The van der Waals surface area contributed by atoms with Crippen LogP contribution in [0.25, 0.3) is 0 Å². The SMILES string of the molecule is CC[C-](C)C1CCC(NC(C)(C)C2CCCCC2)CC1.[CH-]1CCCCC1.[Np]. The fourth-order valence-electron chi connectivity index (χ4n) is 5.39. The Morgan fingerprint density at radius 2 is 1.41 bits per heavy atom. The first kappa shape index (κ1) is 26.0. The van der Waals surface area contributed by atoms with Crippen molar-refractivity contribution in [3.8, 4) is 0 Å². The largest absolute Gasteiger partial charge is 0.328 e. The van der Waals surface area contributed by atoms with E-state index in [0.717, 1.165) is 17.9 Å². The van der Waals surface area contributed by atoms with Gasteiger partial charge in [-0.1, -0.05) is 58.3 Å². The fraction of sp³-hybridized carbons (Fsp3) is 0.920. The average molecular weight is 599 g/mol. The summed E-state index contributed by atoms with van der Waals surface area (Å²) in [7, 11) is 0. The van der Waals surface area contributed by atoms with Crippen LogP contribution in [0.2, 0.25) is 0 Å². The van der Waals surface area contributed by atoms with E-state index in [1.54, 1.807) is 5.92 Å². The summed E-state index contributed by atoms with van der Waals surface area (Å²) < 4.78 is 0. The first-order chi connectivity index (χ1) is 12.5. The molecular formula is C25H47NNp-2. The van der Waals surface area contributed by atoms with Crippen LogP contribution in [0.15, 0.2) is 0 Å². The van der Waals surface area contributed by atoms with Gasteiger partial charge in [-0.3, -0.25) is 0 Å². The zero-order valence-corrected chi connectivity index (χ0v) is 22.6. The van der Waals surface area contributed by atoms with Gasteiger partial charge in [0.05, 0.1) is 0 Å². The van der Waals surface area contributed by atoms with Crippen molar-refractivity contribution in [1.29, 1.82) is 0 Å². The summed E-state index contributed by atoms with van der Waals surface area (Å²) >= 11 is 0. The zero-order chi connectivity index (χ0) is 18.8. The van der Waals surface area contributed by atoms with Gasteiger partial charge in [-0.15, -0.1) is 0 Å². The molecule has 0 unspecified atom stereocenters. The molecule has 3 fully saturated rings. The molecule has 2 heteroatoms. The van der Waals surface area contributed by atoms with E-state index in [4.69, 9.17) is 0 Å². The van der Waals surface area contributed by atoms with Crippen molar-refractivity contribution in [1.82, 2.24) is 5.32 Å². The Bertz CT molecular complexity index is 338. The summed E-state index contributed by atoms with van der Waals surface area (Å²) in [5.74, 6) is 3.55. The standard InChI is InChI=1S/C19H36N.C6H11.Np/c1-5-15(2)16-11-13-18(14-12-16)20-19(3,4)17-9-7-6-8-10-17;1-2-4-6-5-3-1;/h16-18,20H,5-14H2,1-4H3;1H,2-6H2;/q2*-1;. The third-order valence-electron chi connectivity index (χ3n) is 7.50. The molecule has 0 bridgehead atoms.